The van der Waals surface area contributed by atoms with Crippen molar-refractivity contribution in [3.8, 4) is 0 Å². The van der Waals surface area contributed by atoms with E-state index in [-0.39, 0.29) is 6.04 Å². The fourth-order valence-electron chi connectivity index (χ4n) is 3.67. The molecule has 8 heteroatoms. The van der Waals surface area contributed by atoms with Gasteiger partial charge in [0.25, 0.3) is 0 Å². The Morgan fingerprint density at radius 3 is 2.63 bits per heavy atom. The van der Waals surface area contributed by atoms with Crippen LogP contribution in [0.4, 0.5) is 11.8 Å². The van der Waals surface area contributed by atoms with E-state index in [1.165, 1.54) is 5.69 Å². The highest BCUT2D eigenvalue weighted by atomic mass is 15.3. The first-order valence-corrected chi connectivity index (χ1v) is 9.21. The maximum Gasteiger partial charge on any atom is 0.228 e. The fourth-order valence-corrected chi connectivity index (χ4v) is 3.67. The van der Waals surface area contributed by atoms with Crippen molar-refractivity contribution < 1.29 is 0 Å². The Balaban J connectivity index is 1.60. The van der Waals surface area contributed by atoms with Crippen LogP contribution >= 0.6 is 0 Å². The van der Waals surface area contributed by atoms with Crippen LogP contribution < -0.4 is 5.32 Å². The number of nitrogens with one attached hydrogen (secondary N) is 1. The van der Waals surface area contributed by atoms with Gasteiger partial charge in [-0.3, -0.25) is 14.6 Å². The lowest BCUT2D eigenvalue weighted by atomic mass is 10.1. The zero-order chi connectivity index (χ0) is 18.8. The molecule has 140 valence electrons. The van der Waals surface area contributed by atoms with Crippen molar-refractivity contribution in [2.45, 2.75) is 39.3 Å². The Bertz CT molecular complexity index is 915. The Morgan fingerprint density at radius 2 is 1.89 bits per heavy atom. The topological polar surface area (TPSA) is 84.7 Å². The van der Waals surface area contributed by atoms with Crippen molar-refractivity contribution >= 4 is 11.8 Å². The number of aromatic nitrogens is 6. The van der Waals surface area contributed by atoms with Crippen LogP contribution in [0.2, 0.25) is 0 Å². The first kappa shape index (κ1) is 17.5. The van der Waals surface area contributed by atoms with E-state index in [0.29, 0.717) is 5.95 Å². The van der Waals surface area contributed by atoms with Gasteiger partial charge in [-0.25, -0.2) is 15.0 Å². The summed E-state index contributed by atoms with van der Waals surface area (Å²) in [6.45, 7) is 5.80. The van der Waals surface area contributed by atoms with Crippen molar-refractivity contribution in [1.29, 1.82) is 0 Å². The second-order valence-electron chi connectivity index (χ2n) is 6.96. The largest absolute Gasteiger partial charge is 0.307 e. The first-order chi connectivity index (χ1) is 13.1. The molecule has 1 aliphatic heterocycles. The summed E-state index contributed by atoms with van der Waals surface area (Å²) >= 11 is 0. The third-order valence-electron chi connectivity index (χ3n) is 4.91. The maximum atomic E-state index is 4.66. The minimum absolute atomic E-state index is 0.210. The average molecular weight is 364 g/mol. The number of nitrogens with zero attached hydrogens (tertiary/aromatic N) is 7. The first-order valence-electron chi connectivity index (χ1n) is 9.21. The van der Waals surface area contributed by atoms with Crippen LogP contribution in [0.25, 0.3) is 0 Å². The molecule has 1 aliphatic rings. The summed E-state index contributed by atoms with van der Waals surface area (Å²) < 4.78 is 1.93. The molecule has 0 aliphatic carbocycles. The molecule has 1 N–H and O–H groups in total. The molecule has 0 saturated carbocycles. The highest BCUT2D eigenvalue weighted by Crippen LogP contribution is 2.35. The van der Waals surface area contributed by atoms with Crippen LogP contribution in [0.3, 0.4) is 0 Å². The molecule has 4 heterocycles. The molecule has 0 spiro atoms. The van der Waals surface area contributed by atoms with Gasteiger partial charge in [-0.15, -0.1) is 0 Å². The minimum Gasteiger partial charge on any atom is -0.307 e. The number of aryl methyl sites for hydroxylation is 3. The summed E-state index contributed by atoms with van der Waals surface area (Å²) in [5.74, 6) is 1.29. The van der Waals surface area contributed by atoms with Crippen molar-refractivity contribution in [2.24, 2.45) is 7.05 Å². The second kappa shape index (κ2) is 7.40. The van der Waals surface area contributed by atoms with Crippen LogP contribution in [0.5, 0.6) is 0 Å². The molecule has 3 aromatic rings. The monoisotopic (exact) mass is 364 g/mol. The van der Waals surface area contributed by atoms with Gasteiger partial charge < -0.3 is 5.32 Å². The third kappa shape index (κ3) is 3.80. The third-order valence-corrected chi connectivity index (χ3v) is 4.91. The molecule has 0 radical (unpaired) electrons. The number of anilines is 2. The minimum atomic E-state index is 0.210. The van der Waals surface area contributed by atoms with E-state index >= 15 is 0 Å². The van der Waals surface area contributed by atoms with Crippen molar-refractivity contribution in [3.05, 3.63) is 53.5 Å². The lowest BCUT2D eigenvalue weighted by molar-refractivity contribution is 0.238. The van der Waals surface area contributed by atoms with Crippen molar-refractivity contribution in [3.63, 3.8) is 0 Å². The highest BCUT2D eigenvalue weighted by molar-refractivity contribution is 5.52. The zero-order valence-electron chi connectivity index (χ0n) is 15.9. The van der Waals surface area contributed by atoms with Gasteiger partial charge in [0.1, 0.15) is 5.69 Å². The summed E-state index contributed by atoms with van der Waals surface area (Å²) in [7, 11) is 1.98. The van der Waals surface area contributed by atoms with E-state index in [2.05, 4.69) is 41.3 Å². The number of rotatable bonds is 5. The van der Waals surface area contributed by atoms with Gasteiger partial charge in [-0.2, -0.15) is 5.10 Å². The van der Waals surface area contributed by atoms with Crippen LogP contribution in [0.1, 0.15) is 41.7 Å². The van der Waals surface area contributed by atoms with E-state index in [4.69, 9.17) is 0 Å². The average Bonchev–Trinajstić information content (AvgIpc) is 3.24. The Labute approximate surface area is 158 Å². The van der Waals surface area contributed by atoms with Gasteiger partial charge in [0.05, 0.1) is 11.7 Å². The van der Waals surface area contributed by atoms with Gasteiger partial charge in [0.15, 0.2) is 5.82 Å². The van der Waals surface area contributed by atoms with Gasteiger partial charge in [0.2, 0.25) is 5.95 Å². The molecule has 4 rings (SSSR count). The van der Waals surface area contributed by atoms with E-state index < -0.39 is 0 Å². The Morgan fingerprint density at radius 1 is 1.11 bits per heavy atom. The smallest absolute Gasteiger partial charge is 0.228 e. The summed E-state index contributed by atoms with van der Waals surface area (Å²) in [6, 6.07) is 4.23. The molecular formula is C19H24N8. The second-order valence-corrected chi connectivity index (χ2v) is 6.96. The molecule has 3 aromatic heterocycles. The summed E-state index contributed by atoms with van der Waals surface area (Å²) in [4.78, 5) is 20.6. The van der Waals surface area contributed by atoms with Gasteiger partial charge in [-0.05, 0) is 45.4 Å². The highest BCUT2D eigenvalue weighted by Gasteiger charge is 2.30. The predicted molar refractivity (Wildman–Crippen MR) is 102 cm³/mol. The number of hydrogen-bond acceptors (Lipinski definition) is 7. The van der Waals surface area contributed by atoms with Gasteiger partial charge >= 0.3 is 0 Å². The molecule has 0 aromatic carbocycles. The van der Waals surface area contributed by atoms with Crippen LogP contribution in [-0.4, -0.2) is 41.2 Å². The molecule has 1 fully saturated rings. The zero-order valence-corrected chi connectivity index (χ0v) is 15.9. The van der Waals surface area contributed by atoms with Crippen LogP contribution in [0, 0.1) is 13.8 Å². The fraction of sp³-hybridized carbons (Fsp3) is 0.421. The van der Waals surface area contributed by atoms with E-state index in [0.717, 1.165) is 48.8 Å². The number of likely N-dealkylation sites (tertiary alicyclic amines) is 1. The van der Waals surface area contributed by atoms with E-state index in [1.54, 1.807) is 12.4 Å². The quantitative estimate of drug-likeness (QED) is 0.745. The molecule has 0 unspecified atom stereocenters. The van der Waals surface area contributed by atoms with Gasteiger partial charge in [0, 0.05) is 43.6 Å². The van der Waals surface area contributed by atoms with Crippen LogP contribution in [-0.2, 0) is 13.6 Å². The molecule has 1 atom stereocenters. The maximum absolute atomic E-state index is 4.66. The van der Waals surface area contributed by atoms with E-state index in [1.807, 2.05) is 37.8 Å². The summed E-state index contributed by atoms with van der Waals surface area (Å²) in [6.07, 6.45) is 7.49. The Kier molecular flexibility index (Phi) is 4.81. The predicted octanol–water partition coefficient (Wildman–Crippen LogP) is 2.70. The summed E-state index contributed by atoms with van der Waals surface area (Å²) in [5.41, 5.74) is 3.99. The van der Waals surface area contributed by atoms with Gasteiger partial charge in [-0.1, -0.05) is 0 Å². The van der Waals surface area contributed by atoms with E-state index in [9.17, 15) is 0 Å². The molecule has 0 amide bonds. The van der Waals surface area contributed by atoms with Crippen molar-refractivity contribution in [1.82, 2.24) is 34.6 Å². The Hall–Kier alpha value is -2.87. The number of hydrogen-bond donors (Lipinski definition) is 1. The SMILES string of the molecule is Cc1cc(C)nc(Nc2nccnc2[C@H]2CCCN2Cc2ccnn2C)n1. The lowest BCUT2D eigenvalue weighted by Crippen LogP contribution is -2.25. The molecule has 27 heavy (non-hydrogen) atoms. The van der Waals surface area contributed by atoms with Crippen LogP contribution in [0.15, 0.2) is 30.7 Å². The molecular weight excluding hydrogens is 340 g/mol. The molecule has 8 nitrogen and oxygen atoms in total. The van der Waals surface area contributed by atoms with Crippen molar-refractivity contribution in [2.75, 3.05) is 11.9 Å². The standard InChI is InChI=1S/C19H24N8/c1-13-11-14(2)24-19(23-13)25-18-17(20-8-9-21-18)16-5-4-10-27(16)12-15-6-7-22-26(15)3/h6-9,11,16H,4-5,10,12H2,1-3H3,(H,21,23,24,25)/t16-/m1/s1. The molecule has 0 bridgehead atoms. The summed E-state index contributed by atoms with van der Waals surface area (Å²) in [5, 5.41) is 7.56. The lowest BCUT2D eigenvalue weighted by Gasteiger charge is -2.25. The molecule has 1 saturated heterocycles. The normalized spacial score (nSPS) is 17.4.